The number of nitrogens with one attached hydrogen (secondary N) is 3. The van der Waals surface area contributed by atoms with E-state index in [1.165, 1.54) is 25.4 Å². The molecule has 0 fully saturated rings. The van der Waals surface area contributed by atoms with E-state index in [0.717, 1.165) is 18.2 Å². The lowest BCUT2D eigenvalue weighted by atomic mass is 10.1. The van der Waals surface area contributed by atoms with Gasteiger partial charge in [0.25, 0.3) is 5.91 Å². The number of ether oxygens (including phenoxy) is 2. The van der Waals surface area contributed by atoms with Crippen LogP contribution in [0.25, 0.3) is 0 Å². The fourth-order valence-corrected chi connectivity index (χ4v) is 3.29. The molecule has 1 aliphatic heterocycles. The fraction of sp³-hybridized carbons (Fsp3) is 0.174. The smallest absolute Gasteiger partial charge is 0.395 e. The molecule has 1 aromatic heterocycles. The summed E-state index contributed by atoms with van der Waals surface area (Å²) in [4.78, 5) is 28.5. The van der Waals surface area contributed by atoms with Gasteiger partial charge in [-0.1, -0.05) is 0 Å². The van der Waals surface area contributed by atoms with Gasteiger partial charge in [0.2, 0.25) is 5.91 Å². The zero-order valence-electron chi connectivity index (χ0n) is 18.1. The van der Waals surface area contributed by atoms with Crippen molar-refractivity contribution in [3.63, 3.8) is 0 Å². The lowest BCUT2D eigenvalue weighted by Gasteiger charge is -2.14. The number of anilines is 2. The number of carbonyl (C=O) groups is 2. The van der Waals surface area contributed by atoms with Gasteiger partial charge in [-0.3, -0.25) is 14.6 Å². The van der Waals surface area contributed by atoms with Crippen LogP contribution in [0.3, 0.4) is 0 Å². The monoisotopic (exact) mass is 490 g/mol. The molecule has 0 saturated carbocycles. The summed E-state index contributed by atoms with van der Waals surface area (Å²) < 4.78 is 63.0. The second kappa shape index (κ2) is 9.49. The molecule has 3 aromatic rings. The minimum Gasteiger partial charge on any atom is -0.395 e. The molecule has 8 nitrogen and oxygen atoms in total. The summed E-state index contributed by atoms with van der Waals surface area (Å²) in [5.74, 6) is -3.98. The summed E-state index contributed by atoms with van der Waals surface area (Å²) in [5.41, 5.74) is 0.996. The zero-order valence-corrected chi connectivity index (χ0v) is 18.1. The number of hydrogen-bond acceptors (Lipinski definition) is 6. The second-order valence-electron chi connectivity index (χ2n) is 7.45. The molecule has 2 amide bonds. The zero-order chi connectivity index (χ0) is 25.2. The highest BCUT2D eigenvalue weighted by Gasteiger charge is 2.43. The van der Waals surface area contributed by atoms with Crippen LogP contribution in [0.4, 0.5) is 28.9 Å². The highest BCUT2D eigenvalue weighted by molar-refractivity contribution is 6.08. The number of amides is 2. The number of nitrogens with zero attached hydrogens (tertiary/aromatic N) is 1. The van der Waals surface area contributed by atoms with E-state index in [-0.39, 0.29) is 47.3 Å². The number of alkyl halides is 2. The molecule has 0 radical (unpaired) electrons. The molecule has 0 spiro atoms. The van der Waals surface area contributed by atoms with E-state index in [1.54, 1.807) is 12.1 Å². The third-order valence-electron chi connectivity index (χ3n) is 4.95. The van der Waals surface area contributed by atoms with Crippen molar-refractivity contribution in [2.75, 3.05) is 17.7 Å². The van der Waals surface area contributed by atoms with Crippen LogP contribution in [-0.4, -0.2) is 30.1 Å². The van der Waals surface area contributed by atoms with Crippen LogP contribution in [0.2, 0.25) is 0 Å². The van der Waals surface area contributed by atoms with Crippen molar-refractivity contribution in [2.45, 2.75) is 19.3 Å². The van der Waals surface area contributed by atoms with Crippen LogP contribution >= 0.6 is 0 Å². The van der Waals surface area contributed by atoms with Crippen LogP contribution in [-0.2, 0) is 17.8 Å². The molecule has 35 heavy (non-hydrogen) atoms. The minimum atomic E-state index is -3.82. The number of benzene rings is 2. The third kappa shape index (κ3) is 5.60. The van der Waals surface area contributed by atoms with E-state index in [9.17, 15) is 27.2 Å². The molecular formula is C23H18F4N4O4. The Balaban J connectivity index is 1.52. The second-order valence-corrected chi connectivity index (χ2v) is 7.45. The average Bonchev–Trinajstić information content (AvgIpc) is 3.12. The van der Waals surface area contributed by atoms with E-state index < -0.39 is 23.8 Å². The number of fused-ring (bicyclic) bond motifs is 1. The van der Waals surface area contributed by atoms with E-state index in [2.05, 4.69) is 30.4 Å². The van der Waals surface area contributed by atoms with Gasteiger partial charge in [0.05, 0.1) is 17.7 Å². The van der Waals surface area contributed by atoms with Crippen LogP contribution in [0.15, 0.2) is 48.7 Å². The van der Waals surface area contributed by atoms with E-state index in [1.807, 2.05) is 0 Å². The van der Waals surface area contributed by atoms with E-state index in [0.29, 0.717) is 11.3 Å². The molecule has 2 heterocycles. The average molecular weight is 490 g/mol. The maximum Gasteiger partial charge on any atom is 0.586 e. The highest BCUT2D eigenvalue weighted by atomic mass is 19.3. The molecule has 0 saturated heterocycles. The Kier molecular flexibility index (Phi) is 6.45. The Hall–Kier alpha value is -4.35. The molecule has 0 aliphatic carbocycles. The Morgan fingerprint density at radius 3 is 2.51 bits per heavy atom. The number of pyridine rings is 1. The number of rotatable bonds is 7. The van der Waals surface area contributed by atoms with E-state index >= 15 is 0 Å². The van der Waals surface area contributed by atoms with Crippen molar-refractivity contribution in [1.82, 2.24) is 10.3 Å². The Morgan fingerprint density at radius 2 is 1.74 bits per heavy atom. The van der Waals surface area contributed by atoms with E-state index in [4.69, 9.17) is 0 Å². The molecule has 0 atom stereocenters. The standard InChI is InChI=1S/C23H18F4N4O4/c1-28-21(32)8-14-6-12(4-5-29-14)11-30-18-10-17(25)16(24)9-15(18)22(33)31-13-2-3-19-20(7-13)35-23(26,27)34-19/h2-7,9-10,30H,8,11H2,1H3,(H,28,32)(H,31,33). The predicted molar refractivity (Wildman–Crippen MR) is 116 cm³/mol. The summed E-state index contributed by atoms with van der Waals surface area (Å²) in [6.07, 6.45) is -2.27. The van der Waals surface area contributed by atoms with Gasteiger partial charge in [0.1, 0.15) is 0 Å². The Morgan fingerprint density at radius 1 is 1.00 bits per heavy atom. The molecule has 1 aliphatic rings. The molecule has 4 rings (SSSR count). The molecule has 2 aromatic carbocycles. The maximum atomic E-state index is 13.9. The van der Waals surface area contributed by atoms with Crippen molar-refractivity contribution in [1.29, 1.82) is 0 Å². The van der Waals surface area contributed by atoms with Gasteiger partial charge in [-0.2, -0.15) is 0 Å². The lowest BCUT2D eigenvalue weighted by molar-refractivity contribution is -0.286. The lowest BCUT2D eigenvalue weighted by Crippen LogP contribution is -2.25. The molecule has 0 bridgehead atoms. The van der Waals surface area contributed by atoms with Gasteiger partial charge in [0.15, 0.2) is 23.1 Å². The maximum absolute atomic E-state index is 13.9. The Bertz CT molecular complexity index is 1300. The topological polar surface area (TPSA) is 102 Å². The van der Waals surface area contributed by atoms with Crippen molar-refractivity contribution in [2.24, 2.45) is 0 Å². The summed E-state index contributed by atoms with van der Waals surface area (Å²) in [6.45, 7) is 0.105. The molecule has 182 valence electrons. The normalized spacial score (nSPS) is 13.3. The molecule has 3 N–H and O–H groups in total. The molecule has 12 heteroatoms. The van der Waals surface area contributed by atoms with Crippen molar-refractivity contribution in [3.8, 4) is 11.5 Å². The van der Waals surface area contributed by atoms with Gasteiger partial charge in [-0.25, -0.2) is 8.78 Å². The van der Waals surface area contributed by atoms with Crippen LogP contribution in [0, 0.1) is 11.6 Å². The van der Waals surface area contributed by atoms with Gasteiger partial charge in [-0.15, -0.1) is 8.78 Å². The summed E-state index contributed by atoms with van der Waals surface area (Å²) >= 11 is 0. The first-order valence-electron chi connectivity index (χ1n) is 10.2. The molecular weight excluding hydrogens is 472 g/mol. The van der Waals surface area contributed by atoms with Crippen LogP contribution in [0.5, 0.6) is 11.5 Å². The van der Waals surface area contributed by atoms with Crippen molar-refractivity contribution < 1.29 is 36.6 Å². The first-order valence-corrected chi connectivity index (χ1v) is 10.2. The van der Waals surface area contributed by atoms with Gasteiger partial charge in [-0.05, 0) is 35.9 Å². The van der Waals surface area contributed by atoms with Crippen molar-refractivity contribution in [3.05, 3.63) is 77.1 Å². The van der Waals surface area contributed by atoms with Crippen LogP contribution < -0.4 is 25.4 Å². The summed E-state index contributed by atoms with van der Waals surface area (Å²) in [6, 6.07) is 8.45. The fourth-order valence-electron chi connectivity index (χ4n) is 3.29. The summed E-state index contributed by atoms with van der Waals surface area (Å²) in [5, 5.41) is 7.80. The number of carbonyl (C=O) groups excluding carboxylic acids is 2. The van der Waals surface area contributed by atoms with Gasteiger partial charge >= 0.3 is 6.29 Å². The number of halogens is 4. The number of likely N-dealkylation sites (N-methyl/N-ethyl adjacent to an activating group) is 1. The number of hydrogen-bond donors (Lipinski definition) is 3. The summed E-state index contributed by atoms with van der Waals surface area (Å²) in [7, 11) is 1.50. The number of aromatic nitrogens is 1. The highest BCUT2D eigenvalue weighted by Crippen LogP contribution is 2.42. The predicted octanol–water partition coefficient (Wildman–Crippen LogP) is 3.83. The first kappa shape index (κ1) is 23.8. The SMILES string of the molecule is CNC(=O)Cc1cc(CNc2cc(F)c(F)cc2C(=O)Nc2ccc3c(c2)OC(F)(F)O3)ccn1. The minimum absolute atomic E-state index is 0.0154. The Labute approximate surface area is 196 Å². The molecule has 0 unspecified atom stereocenters. The first-order chi connectivity index (χ1) is 16.6. The van der Waals surface area contributed by atoms with Gasteiger partial charge < -0.3 is 25.4 Å². The third-order valence-corrected chi connectivity index (χ3v) is 4.95. The van der Waals surface area contributed by atoms with Crippen LogP contribution in [0.1, 0.15) is 21.6 Å². The quantitative estimate of drug-likeness (QED) is 0.435. The van der Waals surface area contributed by atoms with Crippen molar-refractivity contribution >= 4 is 23.2 Å². The van der Waals surface area contributed by atoms with Gasteiger partial charge in [0, 0.05) is 43.3 Å². The largest absolute Gasteiger partial charge is 0.586 e.